The van der Waals surface area contributed by atoms with Gasteiger partial charge in [0, 0.05) is 52.2 Å². The molecule has 1 N–H and O–H groups in total. The zero-order valence-electron chi connectivity index (χ0n) is 15.8. The van der Waals surface area contributed by atoms with E-state index < -0.39 is 0 Å². The van der Waals surface area contributed by atoms with E-state index in [0.717, 1.165) is 39.3 Å². The van der Waals surface area contributed by atoms with Crippen LogP contribution in [0.4, 0.5) is 0 Å². The van der Waals surface area contributed by atoms with Crippen molar-refractivity contribution in [3.05, 3.63) is 0 Å². The lowest BCUT2D eigenvalue weighted by Crippen LogP contribution is -2.52. The predicted molar refractivity (Wildman–Crippen MR) is 95.1 cm³/mol. The monoisotopic (exact) mass is 356 g/mol. The third kappa shape index (κ3) is 8.31. The van der Waals surface area contributed by atoms with Gasteiger partial charge >= 0.3 is 5.97 Å². The Bertz CT molecular complexity index is 432. The molecule has 0 radical (unpaired) electrons. The van der Waals surface area contributed by atoms with E-state index in [4.69, 9.17) is 0 Å². The maximum Gasteiger partial charge on any atom is 0.305 e. The van der Waals surface area contributed by atoms with Crippen LogP contribution in [0.3, 0.4) is 0 Å². The van der Waals surface area contributed by atoms with Crippen molar-refractivity contribution in [2.45, 2.75) is 26.7 Å². The summed E-state index contributed by atoms with van der Waals surface area (Å²) < 4.78 is 4.55. The van der Waals surface area contributed by atoms with Crippen LogP contribution < -0.4 is 5.32 Å². The standard InChI is InChI=1S/C17H32N4O4/c1-4-21(5-2)16(23)14-20-11-9-19(10-12-20)13-15(22)18-8-6-7-17(24)25-3/h4-14H2,1-3H3,(H,18,22). The molecule has 0 aliphatic carbocycles. The summed E-state index contributed by atoms with van der Waals surface area (Å²) in [4.78, 5) is 41.1. The van der Waals surface area contributed by atoms with Gasteiger partial charge in [-0.05, 0) is 20.3 Å². The average Bonchev–Trinajstić information content (AvgIpc) is 2.61. The zero-order valence-corrected chi connectivity index (χ0v) is 15.8. The summed E-state index contributed by atoms with van der Waals surface area (Å²) in [5.41, 5.74) is 0. The van der Waals surface area contributed by atoms with Crippen LogP contribution in [0.2, 0.25) is 0 Å². The molecule has 0 spiro atoms. The molecule has 144 valence electrons. The lowest BCUT2D eigenvalue weighted by atomic mass is 10.3. The number of rotatable bonds is 10. The predicted octanol–water partition coefficient (Wildman–Crippen LogP) is -0.458. The second-order valence-electron chi connectivity index (χ2n) is 6.15. The van der Waals surface area contributed by atoms with Crippen molar-refractivity contribution in [3.63, 3.8) is 0 Å². The number of carbonyl (C=O) groups is 3. The number of methoxy groups -OCH3 is 1. The van der Waals surface area contributed by atoms with E-state index in [1.54, 1.807) is 0 Å². The van der Waals surface area contributed by atoms with E-state index in [0.29, 0.717) is 32.5 Å². The molecule has 1 aliphatic heterocycles. The fraction of sp³-hybridized carbons (Fsp3) is 0.824. The second kappa shape index (κ2) is 11.8. The van der Waals surface area contributed by atoms with Gasteiger partial charge in [-0.2, -0.15) is 0 Å². The summed E-state index contributed by atoms with van der Waals surface area (Å²) in [6, 6.07) is 0. The Hall–Kier alpha value is -1.67. The molecule has 0 unspecified atom stereocenters. The molecule has 1 saturated heterocycles. The quantitative estimate of drug-likeness (QED) is 0.421. The molecule has 2 amide bonds. The molecule has 1 heterocycles. The highest BCUT2D eigenvalue weighted by molar-refractivity contribution is 5.78. The van der Waals surface area contributed by atoms with Crippen molar-refractivity contribution in [2.75, 3.05) is 66.0 Å². The van der Waals surface area contributed by atoms with Gasteiger partial charge in [-0.25, -0.2) is 0 Å². The van der Waals surface area contributed by atoms with Crippen LogP contribution in [-0.4, -0.2) is 98.5 Å². The van der Waals surface area contributed by atoms with E-state index in [2.05, 4.69) is 19.9 Å². The van der Waals surface area contributed by atoms with Crippen LogP contribution in [0.5, 0.6) is 0 Å². The molecule has 0 aromatic heterocycles. The molecule has 0 aromatic rings. The molecular formula is C17H32N4O4. The first kappa shape index (κ1) is 21.4. The largest absolute Gasteiger partial charge is 0.469 e. The molecule has 1 fully saturated rings. The summed E-state index contributed by atoms with van der Waals surface area (Å²) in [6.45, 7) is 9.90. The molecule has 1 aliphatic rings. The Morgan fingerprint density at radius 1 is 1.00 bits per heavy atom. The smallest absolute Gasteiger partial charge is 0.305 e. The SMILES string of the molecule is CCN(CC)C(=O)CN1CCN(CC(=O)NCCCC(=O)OC)CC1. The van der Waals surface area contributed by atoms with Gasteiger partial charge in [-0.3, -0.25) is 24.2 Å². The van der Waals surface area contributed by atoms with Crippen LogP contribution in [0.1, 0.15) is 26.7 Å². The van der Waals surface area contributed by atoms with E-state index in [9.17, 15) is 14.4 Å². The molecule has 8 heteroatoms. The van der Waals surface area contributed by atoms with Gasteiger partial charge in [-0.1, -0.05) is 0 Å². The minimum atomic E-state index is -0.260. The van der Waals surface area contributed by atoms with Crippen LogP contribution in [0, 0.1) is 0 Å². The van der Waals surface area contributed by atoms with Crippen molar-refractivity contribution < 1.29 is 19.1 Å². The summed E-state index contributed by atoms with van der Waals surface area (Å²) in [5.74, 6) is -0.121. The van der Waals surface area contributed by atoms with E-state index in [1.165, 1.54) is 7.11 Å². The van der Waals surface area contributed by atoms with Gasteiger partial charge in [0.25, 0.3) is 0 Å². The van der Waals surface area contributed by atoms with E-state index >= 15 is 0 Å². The first-order chi connectivity index (χ1) is 12.0. The van der Waals surface area contributed by atoms with Crippen LogP contribution >= 0.6 is 0 Å². The summed E-state index contributed by atoms with van der Waals surface area (Å²) in [6.07, 6.45) is 0.898. The number of ether oxygens (including phenoxy) is 1. The number of hydrogen-bond acceptors (Lipinski definition) is 6. The third-order valence-electron chi connectivity index (χ3n) is 4.41. The first-order valence-electron chi connectivity index (χ1n) is 9.06. The zero-order chi connectivity index (χ0) is 18.7. The van der Waals surface area contributed by atoms with E-state index in [1.807, 2.05) is 18.7 Å². The highest BCUT2D eigenvalue weighted by Gasteiger charge is 2.21. The van der Waals surface area contributed by atoms with Crippen molar-refractivity contribution in [3.8, 4) is 0 Å². The lowest BCUT2D eigenvalue weighted by Gasteiger charge is -2.34. The van der Waals surface area contributed by atoms with Gasteiger partial charge in [-0.15, -0.1) is 0 Å². The fourth-order valence-corrected chi connectivity index (χ4v) is 2.79. The third-order valence-corrected chi connectivity index (χ3v) is 4.41. The highest BCUT2D eigenvalue weighted by atomic mass is 16.5. The number of piperazine rings is 1. The molecule has 0 bridgehead atoms. The topological polar surface area (TPSA) is 82.2 Å². The van der Waals surface area contributed by atoms with Crippen LogP contribution in [-0.2, 0) is 19.1 Å². The summed E-state index contributed by atoms with van der Waals surface area (Å²) in [7, 11) is 1.36. The molecule has 0 aromatic carbocycles. The Kier molecular flexibility index (Phi) is 10.1. The molecule has 0 atom stereocenters. The van der Waals surface area contributed by atoms with Gasteiger partial charge in [0.2, 0.25) is 11.8 Å². The minimum Gasteiger partial charge on any atom is -0.469 e. The molecule has 1 rings (SSSR count). The molecular weight excluding hydrogens is 324 g/mol. The van der Waals surface area contributed by atoms with E-state index in [-0.39, 0.29) is 17.8 Å². The Balaban J connectivity index is 2.18. The second-order valence-corrected chi connectivity index (χ2v) is 6.15. The molecule has 8 nitrogen and oxygen atoms in total. The number of likely N-dealkylation sites (N-methyl/N-ethyl adjacent to an activating group) is 1. The number of amides is 2. The lowest BCUT2D eigenvalue weighted by molar-refractivity contribution is -0.140. The number of esters is 1. The van der Waals surface area contributed by atoms with Crippen LogP contribution in [0.25, 0.3) is 0 Å². The average molecular weight is 356 g/mol. The Morgan fingerprint density at radius 3 is 2.08 bits per heavy atom. The van der Waals surface area contributed by atoms with Crippen molar-refractivity contribution >= 4 is 17.8 Å². The fourth-order valence-electron chi connectivity index (χ4n) is 2.79. The van der Waals surface area contributed by atoms with Gasteiger partial charge in [0.1, 0.15) is 0 Å². The van der Waals surface area contributed by atoms with Gasteiger partial charge < -0.3 is 15.0 Å². The minimum absolute atomic E-state index is 0.0301. The number of hydrogen-bond donors (Lipinski definition) is 1. The maximum absolute atomic E-state index is 12.1. The van der Waals surface area contributed by atoms with Crippen molar-refractivity contribution in [2.24, 2.45) is 0 Å². The first-order valence-corrected chi connectivity index (χ1v) is 9.06. The number of carbonyl (C=O) groups excluding carboxylic acids is 3. The number of nitrogens with zero attached hydrogens (tertiary/aromatic N) is 3. The van der Waals surface area contributed by atoms with Gasteiger partial charge in [0.15, 0.2) is 0 Å². The van der Waals surface area contributed by atoms with Gasteiger partial charge in [0.05, 0.1) is 20.2 Å². The van der Waals surface area contributed by atoms with Crippen molar-refractivity contribution in [1.82, 2.24) is 20.0 Å². The summed E-state index contributed by atoms with van der Waals surface area (Å²) in [5, 5.41) is 2.82. The molecule has 25 heavy (non-hydrogen) atoms. The normalized spacial score (nSPS) is 15.6. The Labute approximate surface area is 150 Å². The highest BCUT2D eigenvalue weighted by Crippen LogP contribution is 2.03. The number of nitrogens with one attached hydrogen (secondary N) is 1. The Morgan fingerprint density at radius 2 is 1.56 bits per heavy atom. The summed E-state index contributed by atoms with van der Waals surface area (Å²) >= 11 is 0. The molecule has 0 saturated carbocycles. The maximum atomic E-state index is 12.1. The van der Waals surface area contributed by atoms with Crippen molar-refractivity contribution in [1.29, 1.82) is 0 Å². The van der Waals surface area contributed by atoms with Crippen LogP contribution in [0.15, 0.2) is 0 Å².